The zero-order valence-corrected chi connectivity index (χ0v) is 10.9. The molecule has 1 aliphatic rings. The number of anilines is 1. The molecule has 0 radical (unpaired) electrons. The topological polar surface area (TPSA) is 6.25 Å². The van der Waals surface area contributed by atoms with Crippen LogP contribution in [-0.4, -0.2) is 24.5 Å². The molecular weight excluding hydrogens is 244 g/mol. The number of para-hydroxylation sites is 1. The average Bonchev–Trinajstić information content (AvgIpc) is 2.39. The predicted octanol–water partition coefficient (Wildman–Crippen LogP) is 3.51. The number of hydrogen-bond acceptors (Lipinski definition) is 1. The van der Waals surface area contributed by atoms with Gasteiger partial charge in [-0.05, 0) is 18.2 Å². The van der Waals surface area contributed by atoms with Crippen LogP contribution in [0.4, 0.5) is 11.4 Å². The molecule has 0 saturated carbocycles. The van der Waals surface area contributed by atoms with Crippen molar-refractivity contribution in [2.75, 3.05) is 18.6 Å². The third-order valence-corrected chi connectivity index (χ3v) is 3.38. The lowest BCUT2D eigenvalue weighted by Gasteiger charge is -2.23. The van der Waals surface area contributed by atoms with Crippen LogP contribution in [0, 0.1) is 0 Å². The van der Waals surface area contributed by atoms with Gasteiger partial charge >= 0.3 is 0 Å². The molecule has 0 amide bonds. The molecule has 3 heteroatoms. The Morgan fingerprint density at radius 1 is 1.11 bits per heavy atom. The van der Waals surface area contributed by atoms with E-state index in [0.717, 1.165) is 17.4 Å². The molecule has 0 bridgehead atoms. The van der Waals surface area contributed by atoms with Crippen LogP contribution in [0.2, 0.25) is 5.02 Å². The molecule has 0 aromatic heterocycles. The van der Waals surface area contributed by atoms with Gasteiger partial charge in [0.2, 0.25) is 12.4 Å². The summed E-state index contributed by atoms with van der Waals surface area (Å²) in [5.41, 5.74) is 3.60. The summed E-state index contributed by atoms with van der Waals surface area (Å²) in [5.74, 6) is 0. The average molecular weight is 258 g/mol. The summed E-state index contributed by atoms with van der Waals surface area (Å²) < 4.78 is 2.20. The van der Waals surface area contributed by atoms with Crippen molar-refractivity contribution < 1.29 is 4.58 Å². The van der Waals surface area contributed by atoms with E-state index in [1.807, 2.05) is 18.2 Å². The number of benzene rings is 2. The first-order valence-electron chi connectivity index (χ1n) is 5.91. The summed E-state index contributed by atoms with van der Waals surface area (Å²) in [6, 6.07) is 16.3. The first kappa shape index (κ1) is 11.3. The molecule has 1 aliphatic heterocycles. The van der Waals surface area contributed by atoms with Crippen molar-refractivity contribution in [1.29, 1.82) is 0 Å². The zero-order valence-electron chi connectivity index (χ0n) is 10.2. The first-order valence-corrected chi connectivity index (χ1v) is 6.29. The highest BCUT2D eigenvalue weighted by Crippen LogP contribution is 2.25. The fourth-order valence-electron chi connectivity index (χ4n) is 2.27. The lowest BCUT2D eigenvalue weighted by atomic mass is 10.1. The van der Waals surface area contributed by atoms with E-state index in [1.165, 1.54) is 11.3 Å². The Kier molecular flexibility index (Phi) is 2.80. The first-order chi connectivity index (χ1) is 8.74. The number of nitrogens with zero attached hydrogens (tertiary/aromatic N) is 2. The normalized spacial score (nSPS) is 14.1. The number of rotatable bonds is 1. The standard InChI is InChI=1S/C15H14ClN2/c1-17-11-18(14-7-4-6-13(16)9-14)10-12-5-2-3-8-15(12)17/h2-10H,11H2,1H3/q+1. The van der Waals surface area contributed by atoms with E-state index in [9.17, 15) is 0 Å². The Bertz CT molecular complexity index is 619. The molecule has 0 saturated heterocycles. The molecule has 90 valence electrons. The minimum absolute atomic E-state index is 0.766. The van der Waals surface area contributed by atoms with Crippen molar-refractivity contribution in [3.05, 3.63) is 59.1 Å². The summed E-state index contributed by atoms with van der Waals surface area (Å²) >= 11 is 6.05. The molecule has 2 aromatic rings. The van der Waals surface area contributed by atoms with Gasteiger partial charge in [0.05, 0.1) is 11.3 Å². The lowest BCUT2D eigenvalue weighted by Crippen LogP contribution is -2.32. The largest absolute Gasteiger partial charge is 0.319 e. The van der Waals surface area contributed by atoms with Crippen molar-refractivity contribution in [1.82, 2.24) is 0 Å². The summed E-state index contributed by atoms with van der Waals surface area (Å²) in [7, 11) is 2.10. The summed E-state index contributed by atoms with van der Waals surface area (Å²) in [6.07, 6.45) is 2.17. The highest BCUT2D eigenvalue weighted by atomic mass is 35.5. The van der Waals surface area contributed by atoms with Crippen LogP contribution in [0.15, 0.2) is 48.5 Å². The summed E-state index contributed by atoms with van der Waals surface area (Å²) in [6.45, 7) is 0.831. The zero-order chi connectivity index (χ0) is 12.5. The van der Waals surface area contributed by atoms with Crippen LogP contribution in [-0.2, 0) is 0 Å². The smallest absolute Gasteiger partial charge is 0.224 e. The quantitative estimate of drug-likeness (QED) is 0.709. The number of halogens is 1. The Morgan fingerprint density at radius 2 is 1.94 bits per heavy atom. The molecule has 1 heterocycles. The molecule has 0 fully saturated rings. The second-order valence-electron chi connectivity index (χ2n) is 4.48. The van der Waals surface area contributed by atoms with E-state index in [-0.39, 0.29) is 0 Å². The van der Waals surface area contributed by atoms with Crippen LogP contribution in [0.5, 0.6) is 0 Å². The predicted molar refractivity (Wildman–Crippen MR) is 76.3 cm³/mol. The Labute approximate surface area is 112 Å². The van der Waals surface area contributed by atoms with Gasteiger partial charge in [0.25, 0.3) is 0 Å². The van der Waals surface area contributed by atoms with E-state index in [1.54, 1.807) is 0 Å². The Morgan fingerprint density at radius 3 is 2.78 bits per heavy atom. The van der Waals surface area contributed by atoms with Crippen molar-refractivity contribution in [2.45, 2.75) is 0 Å². The fourth-order valence-corrected chi connectivity index (χ4v) is 2.45. The third kappa shape index (κ3) is 2.00. The van der Waals surface area contributed by atoms with Crippen molar-refractivity contribution in [3.8, 4) is 0 Å². The van der Waals surface area contributed by atoms with Crippen LogP contribution >= 0.6 is 11.6 Å². The Balaban J connectivity index is 2.08. The van der Waals surface area contributed by atoms with Gasteiger partial charge in [-0.1, -0.05) is 29.8 Å². The summed E-state index contributed by atoms with van der Waals surface area (Å²) in [5, 5.41) is 0.766. The van der Waals surface area contributed by atoms with Gasteiger partial charge < -0.3 is 4.90 Å². The number of hydrogen-bond donors (Lipinski definition) is 0. The second kappa shape index (κ2) is 4.46. The van der Waals surface area contributed by atoms with E-state index in [2.05, 4.69) is 53.1 Å². The van der Waals surface area contributed by atoms with Gasteiger partial charge in [-0.2, -0.15) is 4.58 Å². The molecule has 0 aliphatic carbocycles. The second-order valence-corrected chi connectivity index (χ2v) is 4.91. The molecule has 0 atom stereocenters. The van der Waals surface area contributed by atoms with Gasteiger partial charge in [0.15, 0.2) is 6.21 Å². The molecule has 2 aromatic carbocycles. The molecular formula is C15H14ClN2+. The van der Waals surface area contributed by atoms with Crippen LogP contribution in [0.3, 0.4) is 0 Å². The SMILES string of the molecule is CN1C[N+](c2cccc(Cl)c2)=Cc2ccccc21. The molecule has 0 unspecified atom stereocenters. The molecule has 18 heavy (non-hydrogen) atoms. The molecule has 0 N–H and O–H groups in total. The van der Waals surface area contributed by atoms with E-state index >= 15 is 0 Å². The van der Waals surface area contributed by atoms with Crippen molar-refractivity contribution in [3.63, 3.8) is 0 Å². The van der Waals surface area contributed by atoms with Crippen molar-refractivity contribution >= 4 is 29.2 Å². The summed E-state index contributed by atoms with van der Waals surface area (Å²) in [4.78, 5) is 2.23. The van der Waals surface area contributed by atoms with E-state index in [0.29, 0.717) is 0 Å². The highest BCUT2D eigenvalue weighted by Gasteiger charge is 2.21. The van der Waals surface area contributed by atoms with Crippen LogP contribution in [0.25, 0.3) is 0 Å². The van der Waals surface area contributed by atoms with Crippen LogP contribution < -0.4 is 4.90 Å². The maximum Gasteiger partial charge on any atom is 0.224 e. The van der Waals surface area contributed by atoms with Gasteiger partial charge in [-0.3, -0.25) is 0 Å². The molecule has 3 rings (SSSR count). The van der Waals surface area contributed by atoms with Gasteiger partial charge in [-0.15, -0.1) is 0 Å². The number of fused-ring (bicyclic) bond motifs is 1. The van der Waals surface area contributed by atoms with Gasteiger partial charge in [0.1, 0.15) is 0 Å². The minimum atomic E-state index is 0.766. The van der Waals surface area contributed by atoms with Gasteiger partial charge in [-0.25, -0.2) is 0 Å². The maximum atomic E-state index is 6.05. The third-order valence-electron chi connectivity index (χ3n) is 3.15. The van der Waals surface area contributed by atoms with E-state index < -0.39 is 0 Å². The molecule has 2 nitrogen and oxygen atoms in total. The van der Waals surface area contributed by atoms with Crippen LogP contribution in [0.1, 0.15) is 5.56 Å². The molecule has 0 spiro atoms. The van der Waals surface area contributed by atoms with E-state index in [4.69, 9.17) is 11.6 Å². The van der Waals surface area contributed by atoms with Crippen molar-refractivity contribution in [2.24, 2.45) is 0 Å². The highest BCUT2D eigenvalue weighted by molar-refractivity contribution is 6.30. The monoisotopic (exact) mass is 257 g/mol. The maximum absolute atomic E-state index is 6.05. The fraction of sp³-hybridized carbons (Fsp3) is 0.133. The van der Waals surface area contributed by atoms with Gasteiger partial charge in [0, 0.05) is 24.2 Å². The lowest BCUT2D eigenvalue weighted by molar-refractivity contribution is -0.435. The Hall–Kier alpha value is -1.80. The minimum Gasteiger partial charge on any atom is -0.319 e.